The maximum absolute atomic E-state index is 12.9. The summed E-state index contributed by atoms with van der Waals surface area (Å²) >= 11 is 1.31. The van der Waals surface area contributed by atoms with Gasteiger partial charge in [0, 0.05) is 29.0 Å². The molecule has 204 valence electrons. The zero-order valence-electron chi connectivity index (χ0n) is 22.1. The van der Waals surface area contributed by atoms with Crippen molar-refractivity contribution in [1.29, 1.82) is 0 Å². The van der Waals surface area contributed by atoms with Crippen molar-refractivity contribution in [2.45, 2.75) is 38.3 Å². The van der Waals surface area contributed by atoms with Crippen molar-refractivity contribution in [2.24, 2.45) is 0 Å². The van der Waals surface area contributed by atoms with E-state index in [4.69, 9.17) is 4.74 Å². The molecule has 0 unspecified atom stereocenters. The van der Waals surface area contributed by atoms with Crippen LogP contribution in [-0.2, 0) is 9.59 Å². The number of unbranched alkanes of at least 4 members (excludes halogenated alkanes) is 1. The maximum atomic E-state index is 12.9. The molecule has 39 heavy (non-hydrogen) atoms. The van der Waals surface area contributed by atoms with Crippen molar-refractivity contribution in [1.82, 2.24) is 14.8 Å². The molecule has 8 nitrogen and oxygen atoms in total. The molecule has 0 spiro atoms. The third kappa shape index (κ3) is 7.84. The summed E-state index contributed by atoms with van der Waals surface area (Å²) in [5, 5.41) is 15.3. The smallest absolute Gasteiger partial charge is 0.234 e. The summed E-state index contributed by atoms with van der Waals surface area (Å²) in [5.74, 6) is 1.35. The lowest BCUT2D eigenvalue weighted by molar-refractivity contribution is -0.116. The molecule has 4 rings (SSSR count). The molecule has 0 aliphatic rings. The highest BCUT2D eigenvalue weighted by molar-refractivity contribution is 7.99. The number of carbonyl (C=O) groups excluding carboxylic acids is 2. The Morgan fingerprint density at radius 3 is 2.38 bits per heavy atom. The van der Waals surface area contributed by atoms with Gasteiger partial charge in [0.1, 0.15) is 5.75 Å². The lowest BCUT2D eigenvalue weighted by atomic mass is 10.1. The van der Waals surface area contributed by atoms with Crippen LogP contribution in [0.1, 0.15) is 31.7 Å². The van der Waals surface area contributed by atoms with Crippen LogP contribution in [0.3, 0.4) is 0 Å². The predicted molar refractivity (Wildman–Crippen MR) is 159 cm³/mol. The number of amides is 2. The monoisotopic (exact) mass is 565 g/mol. The molecule has 0 bridgehead atoms. The first-order valence-electron chi connectivity index (χ1n) is 12.5. The van der Waals surface area contributed by atoms with Gasteiger partial charge in [-0.2, -0.15) is 0 Å². The zero-order chi connectivity index (χ0) is 26.9. The zero-order valence-corrected chi connectivity index (χ0v) is 23.8. The largest absolute Gasteiger partial charge is 0.497 e. The Morgan fingerprint density at radius 2 is 1.69 bits per heavy atom. The fourth-order valence-electron chi connectivity index (χ4n) is 3.81. The van der Waals surface area contributed by atoms with Gasteiger partial charge in [0.05, 0.1) is 12.9 Å². The van der Waals surface area contributed by atoms with Gasteiger partial charge < -0.3 is 15.4 Å². The highest BCUT2D eigenvalue weighted by atomic mass is 35.5. The number of nitrogens with one attached hydrogen (secondary N) is 2. The first-order valence-corrected chi connectivity index (χ1v) is 13.5. The first-order chi connectivity index (χ1) is 18.5. The van der Waals surface area contributed by atoms with Gasteiger partial charge in [-0.25, -0.2) is 0 Å². The number of para-hydroxylation sites is 1. The number of methoxy groups -OCH3 is 1. The minimum absolute atomic E-state index is 0. The highest BCUT2D eigenvalue weighted by Gasteiger charge is 2.18. The molecule has 0 aliphatic heterocycles. The van der Waals surface area contributed by atoms with Crippen LogP contribution < -0.4 is 15.4 Å². The summed E-state index contributed by atoms with van der Waals surface area (Å²) in [7, 11) is 1.63. The topological polar surface area (TPSA) is 98.1 Å². The Morgan fingerprint density at radius 1 is 0.949 bits per heavy atom. The number of nitrogens with zero attached hydrogens (tertiary/aromatic N) is 3. The number of thioether (sulfide) groups is 1. The summed E-state index contributed by atoms with van der Waals surface area (Å²) in [6.45, 7) is 3.96. The van der Waals surface area contributed by atoms with Crippen LogP contribution in [0.15, 0.2) is 78.0 Å². The lowest BCUT2D eigenvalue weighted by Gasteiger charge is -2.12. The third-order valence-electron chi connectivity index (χ3n) is 5.88. The summed E-state index contributed by atoms with van der Waals surface area (Å²) in [5.41, 5.74) is 4.00. The van der Waals surface area contributed by atoms with Crippen LogP contribution in [0, 0.1) is 6.92 Å². The van der Waals surface area contributed by atoms with Crippen LogP contribution in [0.2, 0.25) is 0 Å². The fourth-order valence-corrected chi connectivity index (χ4v) is 4.56. The average molecular weight is 566 g/mol. The standard InChI is InChI=1S/C29H31N5O3S.ClH/c1-4-5-11-26(35)30-22-15-12-20(2)25(18-22)31-27(36)19-38-29-33-32-28(21-13-16-24(37-3)17-14-21)34(29)23-9-7-6-8-10-23;/h6-10,12-18H,4-5,11,19H2,1-3H3,(H,30,35)(H,31,36);1H. The lowest BCUT2D eigenvalue weighted by Crippen LogP contribution is -2.16. The van der Waals surface area contributed by atoms with Gasteiger partial charge in [0.2, 0.25) is 11.8 Å². The van der Waals surface area contributed by atoms with E-state index in [1.165, 1.54) is 11.8 Å². The van der Waals surface area contributed by atoms with Crippen molar-refractivity contribution in [3.8, 4) is 22.8 Å². The number of halogens is 1. The number of aromatic nitrogens is 3. The maximum Gasteiger partial charge on any atom is 0.234 e. The van der Waals surface area contributed by atoms with Gasteiger partial charge in [-0.1, -0.05) is 49.4 Å². The van der Waals surface area contributed by atoms with Gasteiger partial charge in [-0.05, 0) is 67.4 Å². The molecule has 3 aromatic carbocycles. The number of benzene rings is 3. The molecule has 0 saturated carbocycles. The molecule has 1 aromatic heterocycles. The van der Waals surface area contributed by atoms with E-state index >= 15 is 0 Å². The Labute approximate surface area is 239 Å². The molecule has 0 atom stereocenters. The number of anilines is 2. The molecular weight excluding hydrogens is 534 g/mol. The first kappa shape index (κ1) is 29.7. The van der Waals surface area contributed by atoms with Crippen LogP contribution in [-0.4, -0.2) is 39.4 Å². The van der Waals surface area contributed by atoms with Crippen molar-refractivity contribution in [3.05, 3.63) is 78.4 Å². The number of hydrogen-bond acceptors (Lipinski definition) is 6. The van der Waals surface area contributed by atoms with E-state index in [9.17, 15) is 9.59 Å². The van der Waals surface area contributed by atoms with Crippen LogP contribution in [0.5, 0.6) is 5.75 Å². The minimum Gasteiger partial charge on any atom is -0.497 e. The van der Waals surface area contributed by atoms with Gasteiger partial charge in [0.25, 0.3) is 0 Å². The highest BCUT2D eigenvalue weighted by Crippen LogP contribution is 2.29. The minimum atomic E-state index is -0.179. The molecule has 1 heterocycles. The molecule has 0 aliphatic carbocycles. The number of hydrogen-bond donors (Lipinski definition) is 2. The molecule has 0 radical (unpaired) electrons. The predicted octanol–water partition coefficient (Wildman–Crippen LogP) is 6.53. The van der Waals surface area contributed by atoms with Crippen molar-refractivity contribution in [3.63, 3.8) is 0 Å². The van der Waals surface area contributed by atoms with E-state index in [0.717, 1.165) is 35.4 Å². The Bertz CT molecular complexity index is 1390. The third-order valence-corrected chi connectivity index (χ3v) is 6.81. The Balaban J connectivity index is 0.00000420. The molecular formula is C29H32ClN5O3S. The van der Waals surface area contributed by atoms with Gasteiger partial charge in [0.15, 0.2) is 11.0 Å². The number of rotatable bonds is 11. The van der Waals surface area contributed by atoms with Crippen LogP contribution in [0.4, 0.5) is 11.4 Å². The quantitative estimate of drug-likeness (QED) is 0.201. The summed E-state index contributed by atoms with van der Waals surface area (Å²) in [6.07, 6.45) is 2.27. The van der Waals surface area contributed by atoms with Gasteiger partial charge >= 0.3 is 0 Å². The van der Waals surface area contributed by atoms with E-state index in [1.807, 2.05) is 85.1 Å². The normalized spacial score (nSPS) is 10.4. The van der Waals surface area contributed by atoms with Crippen LogP contribution in [0.25, 0.3) is 17.1 Å². The van der Waals surface area contributed by atoms with Crippen molar-refractivity contribution in [2.75, 3.05) is 23.5 Å². The Kier molecular flexibility index (Phi) is 11.0. The molecule has 4 aromatic rings. The van der Waals surface area contributed by atoms with Crippen molar-refractivity contribution < 1.29 is 14.3 Å². The molecule has 10 heteroatoms. The second-order valence-corrected chi connectivity index (χ2v) is 9.67. The second kappa shape index (κ2) is 14.4. The summed E-state index contributed by atoms with van der Waals surface area (Å²) in [4.78, 5) is 25.0. The number of aryl methyl sites for hydroxylation is 1. The van der Waals surface area contributed by atoms with E-state index in [1.54, 1.807) is 13.2 Å². The van der Waals surface area contributed by atoms with Gasteiger partial charge in [-0.15, -0.1) is 22.6 Å². The summed E-state index contributed by atoms with van der Waals surface area (Å²) in [6, 6.07) is 22.9. The van der Waals surface area contributed by atoms with Crippen LogP contribution >= 0.6 is 24.2 Å². The molecule has 0 fully saturated rings. The van der Waals surface area contributed by atoms with E-state index in [2.05, 4.69) is 20.8 Å². The van der Waals surface area contributed by atoms with E-state index in [0.29, 0.717) is 28.8 Å². The second-order valence-electron chi connectivity index (χ2n) is 8.72. The SMILES string of the molecule is CCCCC(=O)Nc1ccc(C)c(NC(=O)CSc2nnc(-c3ccc(OC)cc3)n2-c2ccccc2)c1.Cl. The molecule has 2 N–H and O–H groups in total. The fraction of sp³-hybridized carbons (Fsp3) is 0.241. The number of ether oxygens (including phenoxy) is 1. The Hall–Kier alpha value is -3.82. The van der Waals surface area contributed by atoms with E-state index < -0.39 is 0 Å². The number of carbonyl (C=O) groups is 2. The molecule has 0 saturated heterocycles. The van der Waals surface area contributed by atoms with Crippen molar-refractivity contribution >= 4 is 47.4 Å². The average Bonchev–Trinajstić information content (AvgIpc) is 3.37. The van der Waals surface area contributed by atoms with Gasteiger partial charge in [-0.3, -0.25) is 14.2 Å². The molecule has 2 amide bonds. The summed E-state index contributed by atoms with van der Waals surface area (Å²) < 4.78 is 7.22. The van der Waals surface area contributed by atoms with E-state index in [-0.39, 0.29) is 30.0 Å².